The summed E-state index contributed by atoms with van der Waals surface area (Å²) in [5.41, 5.74) is 0.330. The van der Waals surface area contributed by atoms with Gasteiger partial charge >= 0.3 is 0 Å². The van der Waals surface area contributed by atoms with E-state index >= 15 is 0 Å². The summed E-state index contributed by atoms with van der Waals surface area (Å²) in [6, 6.07) is 1.11. The van der Waals surface area contributed by atoms with Gasteiger partial charge in [-0.25, -0.2) is 0 Å². The maximum atomic E-state index is 3.44. The first-order chi connectivity index (χ1) is 5.38. The molecule has 0 aromatic carbocycles. The molecule has 0 bridgehead atoms. The quantitative estimate of drug-likeness (QED) is 0.673. The molecule has 0 aromatic heterocycles. The van der Waals surface area contributed by atoms with Crippen molar-refractivity contribution in [1.29, 1.82) is 0 Å². The van der Waals surface area contributed by atoms with Crippen LogP contribution >= 0.6 is 0 Å². The van der Waals surface area contributed by atoms with Crippen molar-refractivity contribution in [1.82, 2.24) is 10.6 Å². The van der Waals surface area contributed by atoms with E-state index in [0.717, 1.165) is 6.54 Å². The van der Waals surface area contributed by atoms with Gasteiger partial charge in [-0.15, -0.1) is 0 Å². The molecule has 0 amide bonds. The lowest BCUT2D eigenvalue weighted by Gasteiger charge is -2.31. The molecule has 0 aromatic rings. The second-order valence-electron chi connectivity index (χ2n) is 4.77. The van der Waals surface area contributed by atoms with Crippen molar-refractivity contribution in [3.63, 3.8) is 0 Å². The number of nitrogens with one attached hydrogen (secondary N) is 2. The zero-order valence-electron chi connectivity index (χ0n) is 9.36. The minimum absolute atomic E-state index is 0.330. The summed E-state index contributed by atoms with van der Waals surface area (Å²) < 4.78 is 0. The summed E-state index contributed by atoms with van der Waals surface area (Å²) in [6.07, 6.45) is 0. The molecule has 0 fully saturated rings. The van der Waals surface area contributed by atoms with Crippen LogP contribution in [0.25, 0.3) is 0 Å². The van der Waals surface area contributed by atoms with Gasteiger partial charge in [0.15, 0.2) is 0 Å². The van der Waals surface area contributed by atoms with Crippen molar-refractivity contribution in [3.05, 3.63) is 0 Å². The molecule has 0 radical (unpaired) electrons. The van der Waals surface area contributed by atoms with Crippen LogP contribution in [0.2, 0.25) is 0 Å². The Kier molecular flexibility index (Phi) is 4.80. The molecule has 2 heteroatoms. The summed E-state index contributed by atoms with van der Waals surface area (Å²) in [4.78, 5) is 0. The van der Waals surface area contributed by atoms with Gasteiger partial charge in [-0.2, -0.15) is 0 Å². The van der Waals surface area contributed by atoms with Gasteiger partial charge in [-0.05, 0) is 12.5 Å². The zero-order chi connectivity index (χ0) is 9.78. The maximum absolute atomic E-state index is 3.44. The van der Waals surface area contributed by atoms with Gasteiger partial charge < -0.3 is 10.6 Å². The lowest BCUT2D eigenvalue weighted by Crippen LogP contribution is -2.47. The number of hydrogen-bond donors (Lipinski definition) is 2. The van der Waals surface area contributed by atoms with Crippen molar-refractivity contribution in [3.8, 4) is 0 Å². The van der Waals surface area contributed by atoms with E-state index in [2.05, 4.69) is 45.3 Å². The van der Waals surface area contributed by atoms with Gasteiger partial charge in [0.1, 0.15) is 0 Å². The second kappa shape index (κ2) is 4.83. The SMILES string of the molecule is CNC(CNC(C)C)C(C)(C)C. The largest absolute Gasteiger partial charge is 0.315 e. The molecule has 0 aliphatic carbocycles. The number of hydrogen-bond acceptors (Lipinski definition) is 2. The summed E-state index contributed by atoms with van der Waals surface area (Å²) in [6.45, 7) is 12.2. The highest BCUT2D eigenvalue weighted by Crippen LogP contribution is 2.18. The average Bonchev–Trinajstić information content (AvgIpc) is 1.85. The summed E-state index contributed by atoms with van der Waals surface area (Å²) in [5.74, 6) is 0. The van der Waals surface area contributed by atoms with E-state index in [4.69, 9.17) is 0 Å². The van der Waals surface area contributed by atoms with E-state index in [1.807, 2.05) is 7.05 Å². The van der Waals surface area contributed by atoms with Crippen LogP contribution in [-0.4, -0.2) is 25.7 Å². The smallest absolute Gasteiger partial charge is 0.0238 e. The molecule has 0 spiro atoms. The molecular weight excluding hydrogens is 148 g/mol. The van der Waals surface area contributed by atoms with Crippen LogP contribution in [0.3, 0.4) is 0 Å². The highest BCUT2D eigenvalue weighted by Gasteiger charge is 2.22. The molecule has 0 rings (SSSR count). The van der Waals surface area contributed by atoms with Crippen LogP contribution in [0.1, 0.15) is 34.6 Å². The molecule has 0 saturated carbocycles. The fourth-order valence-electron chi connectivity index (χ4n) is 1.19. The van der Waals surface area contributed by atoms with Crippen LogP contribution in [-0.2, 0) is 0 Å². The van der Waals surface area contributed by atoms with Crippen LogP contribution in [0, 0.1) is 5.41 Å². The van der Waals surface area contributed by atoms with Crippen molar-refractivity contribution >= 4 is 0 Å². The van der Waals surface area contributed by atoms with E-state index in [0.29, 0.717) is 17.5 Å². The highest BCUT2D eigenvalue weighted by atomic mass is 15.0. The van der Waals surface area contributed by atoms with Crippen LogP contribution in [0.4, 0.5) is 0 Å². The minimum atomic E-state index is 0.330. The van der Waals surface area contributed by atoms with Crippen molar-refractivity contribution in [2.24, 2.45) is 5.41 Å². The van der Waals surface area contributed by atoms with Crippen molar-refractivity contribution in [2.45, 2.75) is 46.7 Å². The molecular formula is C10H24N2. The Balaban J connectivity index is 3.84. The molecule has 12 heavy (non-hydrogen) atoms. The maximum Gasteiger partial charge on any atom is 0.0238 e. The zero-order valence-corrected chi connectivity index (χ0v) is 9.36. The summed E-state index contributed by atoms with van der Waals surface area (Å²) >= 11 is 0. The Bertz CT molecular complexity index is 113. The first-order valence-corrected chi connectivity index (χ1v) is 4.78. The molecule has 2 nitrogen and oxygen atoms in total. The van der Waals surface area contributed by atoms with Crippen molar-refractivity contribution < 1.29 is 0 Å². The van der Waals surface area contributed by atoms with E-state index in [1.165, 1.54) is 0 Å². The predicted molar refractivity (Wildman–Crippen MR) is 55.4 cm³/mol. The third-order valence-corrected chi connectivity index (χ3v) is 2.12. The standard InChI is InChI=1S/C10H24N2/c1-8(2)12-7-9(11-6)10(3,4)5/h8-9,11-12H,7H2,1-6H3. The molecule has 0 aliphatic heterocycles. The molecule has 0 aliphatic rings. The first-order valence-electron chi connectivity index (χ1n) is 4.78. The van der Waals surface area contributed by atoms with Gasteiger partial charge in [-0.1, -0.05) is 34.6 Å². The van der Waals surface area contributed by atoms with Crippen LogP contribution in [0.5, 0.6) is 0 Å². The van der Waals surface area contributed by atoms with Crippen molar-refractivity contribution in [2.75, 3.05) is 13.6 Å². The van der Waals surface area contributed by atoms with Gasteiger partial charge in [-0.3, -0.25) is 0 Å². The topological polar surface area (TPSA) is 24.1 Å². The van der Waals surface area contributed by atoms with E-state index in [-0.39, 0.29) is 0 Å². The van der Waals surface area contributed by atoms with Crippen LogP contribution in [0.15, 0.2) is 0 Å². The van der Waals surface area contributed by atoms with Gasteiger partial charge in [0.25, 0.3) is 0 Å². The molecule has 0 saturated heterocycles. The molecule has 1 atom stereocenters. The molecule has 0 heterocycles. The van der Waals surface area contributed by atoms with Gasteiger partial charge in [0.2, 0.25) is 0 Å². The lowest BCUT2D eigenvalue weighted by molar-refractivity contribution is 0.268. The number of rotatable bonds is 4. The monoisotopic (exact) mass is 172 g/mol. The second-order valence-corrected chi connectivity index (χ2v) is 4.77. The normalized spacial score (nSPS) is 15.2. The minimum Gasteiger partial charge on any atom is -0.315 e. The first kappa shape index (κ1) is 11.9. The fourth-order valence-corrected chi connectivity index (χ4v) is 1.19. The number of likely N-dealkylation sites (N-methyl/N-ethyl adjacent to an activating group) is 1. The Morgan fingerprint density at radius 2 is 1.67 bits per heavy atom. The third kappa shape index (κ3) is 4.73. The Hall–Kier alpha value is -0.0800. The molecule has 1 unspecified atom stereocenters. The summed E-state index contributed by atoms with van der Waals surface area (Å²) in [7, 11) is 2.03. The average molecular weight is 172 g/mol. The van der Waals surface area contributed by atoms with Gasteiger partial charge in [0, 0.05) is 18.6 Å². The van der Waals surface area contributed by atoms with E-state index in [1.54, 1.807) is 0 Å². The highest BCUT2D eigenvalue weighted by molar-refractivity contribution is 4.81. The Morgan fingerprint density at radius 1 is 1.17 bits per heavy atom. The molecule has 74 valence electrons. The van der Waals surface area contributed by atoms with Gasteiger partial charge in [0.05, 0.1) is 0 Å². The Morgan fingerprint density at radius 3 is 1.92 bits per heavy atom. The molecule has 2 N–H and O–H groups in total. The Labute approximate surface area is 77.1 Å². The fraction of sp³-hybridized carbons (Fsp3) is 1.00. The third-order valence-electron chi connectivity index (χ3n) is 2.12. The van der Waals surface area contributed by atoms with E-state index in [9.17, 15) is 0 Å². The predicted octanol–water partition coefficient (Wildman–Crippen LogP) is 1.62. The van der Waals surface area contributed by atoms with Crippen LogP contribution < -0.4 is 10.6 Å². The lowest BCUT2D eigenvalue weighted by atomic mass is 9.87. The summed E-state index contributed by atoms with van der Waals surface area (Å²) in [5, 5.41) is 6.78. The van der Waals surface area contributed by atoms with E-state index < -0.39 is 0 Å².